The van der Waals surface area contributed by atoms with Crippen molar-refractivity contribution in [1.82, 2.24) is 9.88 Å². The summed E-state index contributed by atoms with van der Waals surface area (Å²) in [5, 5.41) is 0. The summed E-state index contributed by atoms with van der Waals surface area (Å²) < 4.78 is 6.51. The molecule has 2 saturated heterocycles. The van der Waals surface area contributed by atoms with E-state index >= 15 is 0 Å². The molecule has 3 rings (SSSR count). The van der Waals surface area contributed by atoms with E-state index in [0.717, 1.165) is 23.3 Å². The van der Waals surface area contributed by atoms with E-state index in [1.807, 2.05) is 37.8 Å². The monoisotopic (exact) mass is 353 g/mol. The normalized spacial score (nSPS) is 24.6. The number of nitrogens with zero attached hydrogens (tertiary/aromatic N) is 3. The highest BCUT2D eigenvalue weighted by Gasteiger charge is 2.46. The maximum absolute atomic E-state index is 12.2. The zero-order chi connectivity index (χ0) is 15.2. The Balaban J connectivity index is 1.68. The molecule has 0 spiro atoms. The Labute approximate surface area is 133 Å². The second-order valence-electron chi connectivity index (χ2n) is 6.66. The molecule has 1 aromatic rings. The topological polar surface area (TPSA) is 45.7 Å². The SMILES string of the molecule is CC(C)(C)OC(=O)N1C[C@@H]2C[C@H]1CN2c1cc(Br)ccn1. The van der Waals surface area contributed by atoms with Gasteiger partial charge in [0.1, 0.15) is 11.4 Å². The number of pyridine rings is 1. The number of rotatable bonds is 1. The van der Waals surface area contributed by atoms with E-state index in [1.54, 1.807) is 6.20 Å². The Morgan fingerprint density at radius 2 is 2.14 bits per heavy atom. The summed E-state index contributed by atoms with van der Waals surface area (Å²) in [5.74, 6) is 0.973. The van der Waals surface area contributed by atoms with Gasteiger partial charge >= 0.3 is 6.09 Å². The summed E-state index contributed by atoms with van der Waals surface area (Å²) in [6, 6.07) is 4.51. The largest absolute Gasteiger partial charge is 0.444 e. The van der Waals surface area contributed by atoms with Crippen molar-refractivity contribution < 1.29 is 9.53 Å². The number of hydrogen-bond acceptors (Lipinski definition) is 4. The van der Waals surface area contributed by atoms with Gasteiger partial charge in [-0.25, -0.2) is 9.78 Å². The predicted molar refractivity (Wildman–Crippen MR) is 84.4 cm³/mol. The Morgan fingerprint density at radius 1 is 1.38 bits per heavy atom. The van der Waals surface area contributed by atoms with Gasteiger partial charge in [0.05, 0.1) is 12.1 Å². The van der Waals surface area contributed by atoms with Crippen LogP contribution in [0, 0.1) is 0 Å². The molecule has 0 unspecified atom stereocenters. The van der Waals surface area contributed by atoms with E-state index < -0.39 is 5.60 Å². The minimum Gasteiger partial charge on any atom is -0.444 e. The number of amides is 1. The van der Waals surface area contributed by atoms with Gasteiger partial charge in [0, 0.05) is 23.8 Å². The minimum absolute atomic E-state index is 0.197. The Kier molecular flexibility index (Phi) is 3.59. The minimum atomic E-state index is -0.440. The van der Waals surface area contributed by atoms with Crippen LogP contribution in [-0.2, 0) is 4.74 Å². The zero-order valence-electron chi connectivity index (χ0n) is 12.5. The molecule has 2 atom stereocenters. The number of anilines is 1. The van der Waals surface area contributed by atoms with Gasteiger partial charge in [-0.2, -0.15) is 0 Å². The number of likely N-dealkylation sites (tertiary alicyclic amines) is 1. The molecule has 2 fully saturated rings. The highest BCUT2D eigenvalue weighted by Crippen LogP contribution is 2.35. The highest BCUT2D eigenvalue weighted by atomic mass is 79.9. The number of piperazine rings is 1. The second kappa shape index (κ2) is 5.16. The van der Waals surface area contributed by atoms with Gasteiger partial charge in [-0.05, 0) is 39.3 Å². The average Bonchev–Trinajstić information content (AvgIpc) is 2.96. The van der Waals surface area contributed by atoms with Crippen LogP contribution in [0.4, 0.5) is 10.6 Å². The van der Waals surface area contributed by atoms with Crippen LogP contribution in [0.5, 0.6) is 0 Å². The van der Waals surface area contributed by atoms with Crippen molar-refractivity contribution in [1.29, 1.82) is 0 Å². The van der Waals surface area contributed by atoms with Crippen molar-refractivity contribution in [2.45, 2.75) is 44.9 Å². The van der Waals surface area contributed by atoms with Crippen LogP contribution in [0.15, 0.2) is 22.8 Å². The zero-order valence-corrected chi connectivity index (χ0v) is 14.1. The molecule has 6 heteroatoms. The van der Waals surface area contributed by atoms with Crippen LogP contribution < -0.4 is 4.90 Å². The lowest BCUT2D eigenvalue weighted by Crippen LogP contribution is -2.50. The van der Waals surface area contributed by atoms with Crippen molar-refractivity contribution >= 4 is 27.8 Å². The number of ether oxygens (including phenoxy) is 1. The van der Waals surface area contributed by atoms with Crippen molar-refractivity contribution in [3.8, 4) is 0 Å². The van der Waals surface area contributed by atoms with Crippen LogP contribution in [0.2, 0.25) is 0 Å². The van der Waals surface area contributed by atoms with E-state index in [-0.39, 0.29) is 12.1 Å². The lowest BCUT2D eigenvalue weighted by molar-refractivity contribution is 0.0214. The van der Waals surface area contributed by atoms with Crippen LogP contribution in [0.1, 0.15) is 27.2 Å². The van der Waals surface area contributed by atoms with Gasteiger partial charge in [0.15, 0.2) is 0 Å². The molecule has 2 aliphatic heterocycles. The van der Waals surface area contributed by atoms with Crippen molar-refractivity contribution in [2.24, 2.45) is 0 Å². The van der Waals surface area contributed by atoms with E-state index in [4.69, 9.17) is 4.74 Å². The van der Waals surface area contributed by atoms with Crippen molar-refractivity contribution in [3.63, 3.8) is 0 Å². The first-order valence-corrected chi connectivity index (χ1v) is 8.00. The standard InChI is InChI=1S/C15H20BrN3O2/c1-15(2,3)21-14(20)19-9-11-7-12(19)8-18(11)13-6-10(16)4-5-17-13/h4-6,11-12H,7-9H2,1-3H3/t11-,12-/m0/s1. The predicted octanol–water partition coefficient (Wildman–Crippen LogP) is 3.04. The van der Waals surface area contributed by atoms with Crippen LogP contribution in [-0.4, -0.2) is 46.8 Å². The summed E-state index contributed by atoms with van der Waals surface area (Å²) in [5.41, 5.74) is -0.440. The van der Waals surface area contributed by atoms with Crippen LogP contribution >= 0.6 is 15.9 Å². The van der Waals surface area contributed by atoms with Crippen molar-refractivity contribution in [3.05, 3.63) is 22.8 Å². The first-order chi connectivity index (χ1) is 9.83. The van der Waals surface area contributed by atoms with Gasteiger partial charge in [0.25, 0.3) is 0 Å². The average molecular weight is 354 g/mol. The van der Waals surface area contributed by atoms with Crippen LogP contribution in [0.25, 0.3) is 0 Å². The van der Waals surface area contributed by atoms with Gasteiger partial charge < -0.3 is 14.5 Å². The molecule has 0 N–H and O–H groups in total. The number of carbonyl (C=O) groups excluding carboxylic acids is 1. The molecule has 0 aromatic carbocycles. The molecule has 21 heavy (non-hydrogen) atoms. The number of hydrogen-bond donors (Lipinski definition) is 0. The van der Waals surface area contributed by atoms with Crippen LogP contribution in [0.3, 0.4) is 0 Å². The summed E-state index contributed by atoms with van der Waals surface area (Å²) in [6.07, 6.45) is 2.60. The van der Waals surface area contributed by atoms with Crippen molar-refractivity contribution in [2.75, 3.05) is 18.0 Å². The van der Waals surface area contributed by atoms with Gasteiger partial charge in [-0.1, -0.05) is 15.9 Å². The van der Waals surface area contributed by atoms with Gasteiger partial charge in [0.2, 0.25) is 0 Å². The van der Waals surface area contributed by atoms with E-state index in [0.29, 0.717) is 12.6 Å². The van der Waals surface area contributed by atoms with Gasteiger partial charge in [-0.3, -0.25) is 0 Å². The Bertz CT molecular complexity index is 558. The molecule has 0 radical (unpaired) electrons. The third kappa shape index (κ3) is 3.00. The second-order valence-corrected chi connectivity index (χ2v) is 7.58. The molecule has 0 aliphatic carbocycles. The molecule has 0 saturated carbocycles. The molecule has 2 bridgehead atoms. The Hall–Kier alpha value is -1.30. The number of fused-ring (bicyclic) bond motifs is 2. The quantitative estimate of drug-likeness (QED) is 0.778. The van der Waals surface area contributed by atoms with E-state index in [9.17, 15) is 4.79 Å². The summed E-state index contributed by atoms with van der Waals surface area (Å²) in [7, 11) is 0. The Morgan fingerprint density at radius 3 is 2.71 bits per heavy atom. The maximum Gasteiger partial charge on any atom is 0.410 e. The number of halogens is 1. The molecule has 3 heterocycles. The molecular weight excluding hydrogens is 334 g/mol. The third-order valence-corrected chi connectivity index (χ3v) is 4.36. The smallest absolute Gasteiger partial charge is 0.410 e. The maximum atomic E-state index is 12.2. The van der Waals surface area contributed by atoms with E-state index in [2.05, 4.69) is 25.8 Å². The molecule has 114 valence electrons. The fourth-order valence-electron chi connectivity index (χ4n) is 3.04. The first kappa shape index (κ1) is 14.6. The number of carbonyl (C=O) groups is 1. The molecule has 1 aromatic heterocycles. The molecule has 1 amide bonds. The lowest BCUT2D eigenvalue weighted by atomic mass is 10.2. The third-order valence-electron chi connectivity index (χ3n) is 3.87. The molecule has 5 nitrogen and oxygen atoms in total. The molecular formula is C15H20BrN3O2. The summed E-state index contributed by atoms with van der Waals surface area (Å²) in [6.45, 7) is 7.24. The fourth-order valence-corrected chi connectivity index (χ4v) is 3.37. The summed E-state index contributed by atoms with van der Waals surface area (Å²) >= 11 is 3.48. The first-order valence-electron chi connectivity index (χ1n) is 7.21. The highest BCUT2D eigenvalue weighted by molar-refractivity contribution is 9.10. The number of aromatic nitrogens is 1. The van der Waals surface area contributed by atoms with Gasteiger partial charge in [-0.15, -0.1) is 0 Å². The molecule has 2 aliphatic rings. The lowest BCUT2D eigenvalue weighted by Gasteiger charge is -2.35. The fraction of sp³-hybridized carbons (Fsp3) is 0.600. The summed E-state index contributed by atoms with van der Waals surface area (Å²) in [4.78, 5) is 20.8. The van der Waals surface area contributed by atoms with E-state index in [1.165, 1.54) is 0 Å².